The molecule has 4 nitrogen and oxygen atoms in total. The van der Waals surface area contributed by atoms with Crippen molar-refractivity contribution in [3.63, 3.8) is 0 Å². The van der Waals surface area contributed by atoms with Gasteiger partial charge in [-0.1, -0.05) is 6.92 Å². The van der Waals surface area contributed by atoms with E-state index < -0.39 is 0 Å². The van der Waals surface area contributed by atoms with Crippen molar-refractivity contribution in [2.75, 3.05) is 12.3 Å². The van der Waals surface area contributed by atoms with Crippen LogP contribution >= 0.6 is 0 Å². The number of ether oxygens (including phenoxy) is 1. The van der Waals surface area contributed by atoms with E-state index in [1.807, 2.05) is 19.1 Å². The number of nitrogens with two attached hydrogens (primary N) is 1. The molecule has 0 unspecified atom stereocenters. The highest BCUT2D eigenvalue weighted by Crippen LogP contribution is 2.25. The number of rotatable bonds is 4. The molecule has 112 valence electrons. The Morgan fingerprint density at radius 3 is 2.59 bits per heavy atom. The van der Waals surface area contributed by atoms with Crippen LogP contribution in [0.4, 0.5) is 5.69 Å². The van der Waals surface area contributed by atoms with Crippen LogP contribution in [0.3, 0.4) is 0 Å². The van der Waals surface area contributed by atoms with Crippen LogP contribution < -0.4 is 15.9 Å². The van der Waals surface area contributed by atoms with Crippen molar-refractivity contribution in [1.29, 1.82) is 0 Å². The van der Waals surface area contributed by atoms with Gasteiger partial charge in [-0.15, -0.1) is 0 Å². The number of hydrogen-bond donors (Lipinski definition) is 1. The fourth-order valence-corrected chi connectivity index (χ4v) is 2.23. The highest BCUT2D eigenvalue weighted by atomic mass is 16.5. The molecule has 1 aromatic heterocycles. The maximum Gasteiger partial charge on any atom is 0.193 e. The lowest BCUT2D eigenvalue weighted by Crippen LogP contribution is -2.01. The number of benzene rings is 2. The Labute approximate surface area is 128 Å². The minimum absolute atomic E-state index is 0.0740. The monoisotopic (exact) mass is 295 g/mol. The summed E-state index contributed by atoms with van der Waals surface area (Å²) in [5, 5.41) is 0.544. The Morgan fingerprint density at radius 1 is 1.09 bits per heavy atom. The van der Waals surface area contributed by atoms with Crippen LogP contribution in [0.5, 0.6) is 5.75 Å². The molecule has 2 aromatic carbocycles. The van der Waals surface area contributed by atoms with E-state index in [0.717, 1.165) is 12.0 Å². The van der Waals surface area contributed by atoms with Gasteiger partial charge in [-0.2, -0.15) is 0 Å². The van der Waals surface area contributed by atoms with Crippen LogP contribution in [-0.4, -0.2) is 6.61 Å². The van der Waals surface area contributed by atoms with Gasteiger partial charge >= 0.3 is 0 Å². The number of fused-ring (bicyclic) bond motifs is 1. The molecule has 0 amide bonds. The van der Waals surface area contributed by atoms with Crippen molar-refractivity contribution in [2.24, 2.45) is 0 Å². The van der Waals surface area contributed by atoms with Gasteiger partial charge in [0.05, 0.1) is 12.0 Å². The molecule has 0 atom stereocenters. The molecule has 0 fully saturated rings. The molecule has 22 heavy (non-hydrogen) atoms. The van der Waals surface area contributed by atoms with Crippen LogP contribution in [0.15, 0.2) is 57.7 Å². The first-order chi connectivity index (χ1) is 10.7. The quantitative estimate of drug-likeness (QED) is 0.743. The zero-order valence-corrected chi connectivity index (χ0v) is 12.3. The molecule has 0 saturated carbocycles. The average Bonchev–Trinajstić information content (AvgIpc) is 2.53. The Morgan fingerprint density at radius 2 is 1.86 bits per heavy atom. The van der Waals surface area contributed by atoms with Crippen LogP contribution in [0.25, 0.3) is 22.3 Å². The molecule has 0 aliphatic rings. The Balaban J connectivity index is 2.09. The molecule has 0 saturated heterocycles. The van der Waals surface area contributed by atoms with E-state index in [-0.39, 0.29) is 5.43 Å². The molecule has 0 aliphatic heterocycles. The minimum atomic E-state index is -0.0740. The highest BCUT2D eigenvalue weighted by molar-refractivity contribution is 5.80. The van der Waals surface area contributed by atoms with Crippen LogP contribution in [0.2, 0.25) is 0 Å². The summed E-state index contributed by atoms with van der Waals surface area (Å²) < 4.78 is 11.5. The van der Waals surface area contributed by atoms with E-state index in [2.05, 4.69) is 0 Å². The van der Waals surface area contributed by atoms with Crippen molar-refractivity contribution in [1.82, 2.24) is 0 Å². The van der Waals surface area contributed by atoms with Crippen molar-refractivity contribution >= 4 is 16.7 Å². The maximum atomic E-state index is 12.2. The zero-order chi connectivity index (χ0) is 15.5. The lowest BCUT2D eigenvalue weighted by atomic mass is 10.1. The second-order valence-corrected chi connectivity index (χ2v) is 5.10. The van der Waals surface area contributed by atoms with Gasteiger partial charge in [0.2, 0.25) is 0 Å². The first-order valence-electron chi connectivity index (χ1n) is 7.24. The van der Waals surface area contributed by atoms with E-state index in [9.17, 15) is 4.79 Å². The van der Waals surface area contributed by atoms with Gasteiger partial charge in [0.15, 0.2) is 5.43 Å². The standard InChI is InChI=1S/C18H17NO3/c1-2-9-21-14-7-8-15-16(20)11-17(22-18(15)10-14)12-3-5-13(19)6-4-12/h3-8,10-11H,2,9,19H2,1H3. The van der Waals surface area contributed by atoms with E-state index in [4.69, 9.17) is 14.9 Å². The lowest BCUT2D eigenvalue weighted by molar-refractivity contribution is 0.317. The summed E-state index contributed by atoms with van der Waals surface area (Å²) in [5.41, 5.74) is 7.61. The summed E-state index contributed by atoms with van der Waals surface area (Å²) in [7, 11) is 0. The van der Waals surface area contributed by atoms with Crippen LogP contribution in [-0.2, 0) is 0 Å². The SMILES string of the molecule is CCCOc1ccc2c(=O)cc(-c3ccc(N)cc3)oc2c1. The Hall–Kier alpha value is -2.75. The first kappa shape index (κ1) is 14.2. The molecule has 0 aliphatic carbocycles. The van der Waals surface area contributed by atoms with Gasteiger partial charge in [0.25, 0.3) is 0 Å². The zero-order valence-electron chi connectivity index (χ0n) is 12.3. The molecule has 0 spiro atoms. The molecule has 4 heteroatoms. The molecule has 0 radical (unpaired) electrons. The van der Waals surface area contributed by atoms with Gasteiger partial charge in [-0.05, 0) is 42.8 Å². The molecule has 0 bridgehead atoms. The van der Waals surface area contributed by atoms with E-state index >= 15 is 0 Å². The Kier molecular flexibility index (Phi) is 3.83. The topological polar surface area (TPSA) is 65.5 Å². The van der Waals surface area contributed by atoms with E-state index in [1.165, 1.54) is 6.07 Å². The lowest BCUT2D eigenvalue weighted by Gasteiger charge is -2.07. The first-order valence-corrected chi connectivity index (χ1v) is 7.24. The molecular formula is C18H17NO3. The summed E-state index contributed by atoms with van der Waals surface area (Å²) in [6.45, 7) is 2.67. The van der Waals surface area contributed by atoms with Crippen LogP contribution in [0, 0.1) is 0 Å². The second kappa shape index (κ2) is 5.93. The molecule has 3 aromatic rings. The fraction of sp³-hybridized carbons (Fsp3) is 0.167. The summed E-state index contributed by atoms with van der Waals surface area (Å²) in [6, 6.07) is 14.0. The predicted octanol–water partition coefficient (Wildman–Crippen LogP) is 3.83. The largest absolute Gasteiger partial charge is 0.493 e. The number of anilines is 1. The molecule has 3 rings (SSSR count). The van der Waals surface area contributed by atoms with Crippen molar-refractivity contribution in [3.05, 3.63) is 58.8 Å². The van der Waals surface area contributed by atoms with Crippen molar-refractivity contribution < 1.29 is 9.15 Å². The predicted molar refractivity (Wildman–Crippen MR) is 88.1 cm³/mol. The average molecular weight is 295 g/mol. The van der Waals surface area contributed by atoms with Gasteiger partial charge in [-0.25, -0.2) is 0 Å². The van der Waals surface area contributed by atoms with Gasteiger partial charge < -0.3 is 14.9 Å². The molecule has 2 N–H and O–H groups in total. The summed E-state index contributed by atoms with van der Waals surface area (Å²) in [4.78, 5) is 12.2. The molecule has 1 heterocycles. The van der Waals surface area contributed by atoms with Crippen molar-refractivity contribution in [3.8, 4) is 17.1 Å². The third kappa shape index (κ3) is 2.81. The minimum Gasteiger partial charge on any atom is -0.493 e. The Bertz CT molecular complexity index is 850. The number of nitrogen functional groups attached to an aromatic ring is 1. The third-order valence-electron chi connectivity index (χ3n) is 3.37. The summed E-state index contributed by atoms with van der Waals surface area (Å²) in [5.74, 6) is 1.22. The fourth-order valence-electron chi connectivity index (χ4n) is 2.23. The number of hydrogen-bond acceptors (Lipinski definition) is 4. The maximum absolute atomic E-state index is 12.2. The third-order valence-corrected chi connectivity index (χ3v) is 3.37. The smallest absolute Gasteiger partial charge is 0.193 e. The second-order valence-electron chi connectivity index (χ2n) is 5.10. The van der Waals surface area contributed by atoms with Gasteiger partial charge in [-0.3, -0.25) is 4.79 Å². The molecular weight excluding hydrogens is 278 g/mol. The summed E-state index contributed by atoms with van der Waals surface area (Å²) >= 11 is 0. The van der Waals surface area contributed by atoms with Gasteiger partial charge in [0, 0.05) is 23.4 Å². The summed E-state index contributed by atoms with van der Waals surface area (Å²) in [6.07, 6.45) is 0.924. The highest BCUT2D eigenvalue weighted by Gasteiger charge is 2.08. The van der Waals surface area contributed by atoms with E-state index in [0.29, 0.717) is 34.8 Å². The van der Waals surface area contributed by atoms with Crippen LogP contribution in [0.1, 0.15) is 13.3 Å². The normalized spacial score (nSPS) is 10.8. The van der Waals surface area contributed by atoms with Crippen molar-refractivity contribution in [2.45, 2.75) is 13.3 Å². The van der Waals surface area contributed by atoms with Gasteiger partial charge in [0.1, 0.15) is 17.1 Å². The van der Waals surface area contributed by atoms with E-state index in [1.54, 1.807) is 30.3 Å².